The van der Waals surface area contributed by atoms with Crippen LogP contribution in [-0.2, 0) is 4.79 Å². The first-order valence-corrected chi connectivity index (χ1v) is 7.12. The van der Waals surface area contributed by atoms with Gasteiger partial charge in [-0.1, -0.05) is 24.3 Å². The van der Waals surface area contributed by atoms with Crippen LogP contribution in [0.15, 0.2) is 54.3 Å². The van der Waals surface area contributed by atoms with Gasteiger partial charge in [0.1, 0.15) is 5.75 Å². The molecule has 0 spiro atoms. The Morgan fingerprint density at radius 3 is 2.30 bits per heavy atom. The molecule has 5 heteroatoms. The Labute approximate surface area is 134 Å². The fourth-order valence-electron chi connectivity index (χ4n) is 1.93. The second kappa shape index (κ2) is 7.89. The van der Waals surface area contributed by atoms with Crippen molar-refractivity contribution >= 4 is 12.0 Å². The normalized spacial score (nSPS) is 11.0. The molecule has 0 atom stereocenters. The van der Waals surface area contributed by atoms with Gasteiger partial charge in [-0.25, -0.2) is 4.79 Å². The standard InChI is InChI=1S/C18H18O5/c1-3-22-14-10-8-13(9-11-14)12-17(18(19)20)23-16-7-5-4-6-15(16)21-2/h4-12H,3H2,1-2H3,(H,19,20). The van der Waals surface area contributed by atoms with Crippen molar-refractivity contribution in [2.75, 3.05) is 13.7 Å². The predicted molar refractivity (Wildman–Crippen MR) is 86.8 cm³/mol. The van der Waals surface area contributed by atoms with E-state index < -0.39 is 5.97 Å². The largest absolute Gasteiger partial charge is 0.494 e. The Morgan fingerprint density at radius 1 is 1.09 bits per heavy atom. The highest BCUT2D eigenvalue weighted by Gasteiger charge is 2.13. The zero-order chi connectivity index (χ0) is 16.7. The molecule has 1 N–H and O–H groups in total. The first kappa shape index (κ1) is 16.4. The number of hydrogen-bond acceptors (Lipinski definition) is 4. The Hall–Kier alpha value is -2.95. The van der Waals surface area contributed by atoms with Crippen LogP contribution in [0.1, 0.15) is 12.5 Å². The molecule has 2 aromatic rings. The molecule has 120 valence electrons. The molecule has 0 radical (unpaired) electrons. The average Bonchev–Trinajstić information content (AvgIpc) is 2.56. The Balaban J connectivity index is 2.25. The van der Waals surface area contributed by atoms with Gasteiger partial charge in [0.05, 0.1) is 13.7 Å². The SMILES string of the molecule is CCOc1ccc(C=C(Oc2ccccc2OC)C(=O)O)cc1. The summed E-state index contributed by atoms with van der Waals surface area (Å²) in [6, 6.07) is 13.9. The highest BCUT2D eigenvalue weighted by Crippen LogP contribution is 2.28. The van der Waals surface area contributed by atoms with E-state index in [1.807, 2.05) is 6.92 Å². The summed E-state index contributed by atoms with van der Waals surface area (Å²) in [5, 5.41) is 9.34. The lowest BCUT2D eigenvalue weighted by Crippen LogP contribution is -2.08. The number of benzene rings is 2. The molecule has 0 unspecified atom stereocenters. The lowest BCUT2D eigenvalue weighted by Gasteiger charge is -2.10. The molecule has 0 fully saturated rings. The van der Waals surface area contributed by atoms with Crippen molar-refractivity contribution in [3.8, 4) is 17.2 Å². The van der Waals surface area contributed by atoms with Crippen molar-refractivity contribution in [1.82, 2.24) is 0 Å². The highest BCUT2D eigenvalue weighted by atomic mass is 16.5. The van der Waals surface area contributed by atoms with Gasteiger partial charge in [-0.2, -0.15) is 0 Å². The van der Waals surface area contributed by atoms with Crippen LogP contribution < -0.4 is 14.2 Å². The number of carboxylic acids is 1. The second-order valence-corrected chi connectivity index (χ2v) is 4.57. The minimum atomic E-state index is -1.16. The van der Waals surface area contributed by atoms with Gasteiger partial charge in [-0.15, -0.1) is 0 Å². The molecule has 0 aromatic heterocycles. The van der Waals surface area contributed by atoms with Crippen molar-refractivity contribution in [1.29, 1.82) is 0 Å². The van der Waals surface area contributed by atoms with Crippen molar-refractivity contribution in [2.24, 2.45) is 0 Å². The third-order valence-electron chi connectivity index (χ3n) is 2.99. The lowest BCUT2D eigenvalue weighted by atomic mass is 10.2. The van der Waals surface area contributed by atoms with Crippen LogP contribution in [0.2, 0.25) is 0 Å². The molecule has 0 heterocycles. The highest BCUT2D eigenvalue weighted by molar-refractivity contribution is 5.90. The molecule has 0 bridgehead atoms. The summed E-state index contributed by atoms with van der Waals surface area (Å²) in [4.78, 5) is 11.4. The van der Waals surface area contributed by atoms with E-state index >= 15 is 0 Å². The van der Waals surface area contributed by atoms with Gasteiger partial charge < -0.3 is 19.3 Å². The van der Waals surface area contributed by atoms with Crippen LogP contribution in [0.5, 0.6) is 17.2 Å². The van der Waals surface area contributed by atoms with Gasteiger partial charge in [0, 0.05) is 0 Å². The summed E-state index contributed by atoms with van der Waals surface area (Å²) in [7, 11) is 1.50. The predicted octanol–water partition coefficient (Wildman–Crippen LogP) is 3.60. The number of methoxy groups -OCH3 is 1. The number of rotatable bonds is 7. The van der Waals surface area contributed by atoms with Crippen LogP contribution in [0.3, 0.4) is 0 Å². The van der Waals surface area contributed by atoms with E-state index in [4.69, 9.17) is 14.2 Å². The van der Waals surface area contributed by atoms with Crippen LogP contribution in [-0.4, -0.2) is 24.8 Å². The zero-order valence-electron chi connectivity index (χ0n) is 13.0. The molecular formula is C18H18O5. The van der Waals surface area contributed by atoms with Crippen molar-refractivity contribution in [3.63, 3.8) is 0 Å². The number of para-hydroxylation sites is 2. The summed E-state index contributed by atoms with van der Waals surface area (Å²) in [5.74, 6) is 0.177. The topological polar surface area (TPSA) is 65.0 Å². The maximum absolute atomic E-state index is 11.4. The molecular weight excluding hydrogens is 296 g/mol. The number of hydrogen-bond donors (Lipinski definition) is 1. The van der Waals surface area contributed by atoms with Gasteiger partial charge in [-0.05, 0) is 42.8 Å². The van der Waals surface area contributed by atoms with Gasteiger partial charge >= 0.3 is 5.97 Å². The number of ether oxygens (including phenoxy) is 3. The summed E-state index contributed by atoms with van der Waals surface area (Å²) < 4.78 is 16.0. The van der Waals surface area contributed by atoms with Gasteiger partial charge in [-0.3, -0.25) is 0 Å². The first-order chi connectivity index (χ1) is 11.1. The van der Waals surface area contributed by atoms with E-state index in [1.54, 1.807) is 48.5 Å². The Kier molecular flexibility index (Phi) is 5.63. The molecule has 0 saturated carbocycles. The summed E-state index contributed by atoms with van der Waals surface area (Å²) in [6.07, 6.45) is 1.45. The maximum Gasteiger partial charge on any atom is 0.371 e. The molecule has 0 aliphatic carbocycles. The number of aliphatic carboxylic acids is 1. The smallest absolute Gasteiger partial charge is 0.371 e. The average molecular weight is 314 g/mol. The van der Waals surface area contributed by atoms with Gasteiger partial charge in [0.25, 0.3) is 0 Å². The fourth-order valence-corrected chi connectivity index (χ4v) is 1.93. The second-order valence-electron chi connectivity index (χ2n) is 4.57. The van der Waals surface area contributed by atoms with Crippen molar-refractivity contribution < 1.29 is 24.1 Å². The lowest BCUT2D eigenvalue weighted by molar-refractivity contribution is -0.134. The molecule has 0 amide bonds. The number of carbonyl (C=O) groups is 1. The monoisotopic (exact) mass is 314 g/mol. The van der Waals surface area contributed by atoms with E-state index in [0.29, 0.717) is 23.7 Å². The van der Waals surface area contributed by atoms with E-state index in [-0.39, 0.29) is 5.76 Å². The summed E-state index contributed by atoms with van der Waals surface area (Å²) >= 11 is 0. The van der Waals surface area contributed by atoms with Crippen molar-refractivity contribution in [2.45, 2.75) is 6.92 Å². The third-order valence-corrected chi connectivity index (χ3v) is 2.99. The third kappa shape index (κ3) is 4.51. The van der Waals surface area contributed by atoms with Gasteiger partial charge in [0.15, 0.2) is 11.5 Å². The van der Waals surface area contributed by atoms with E-state index in [1.165, 1.54) is 13.2 Å². The molecule has 2 rings (SSSR count). The van der Waals surface area contributed by atoms with Gasteiger partial charge in [0.2, 0.25) is 5.76 Å². The van der Waals surface area contributed by atoms with Crippen molar-refractivity contribution in [3.05, 3.63) is 59.9 Å². The zero-order valence-corrected chi connectivity index (χ0v) is 13.0. The van der Waals surface area contributed by atoms with Crippen LogP contribution in [0, 0.1) is 0 Å². The maximum atomic E-state index is 11.4. The van der Waals surface area contributed by atoms with Crippen LogP contribution >= 0.6 is 0 Å². The van der Waals surface area contributed by atoms with E-state index in [2.05, 4.69) is 0 Å². The van der Waals surface area contributed by atoms with Crippen LogP contribution in [0.4, 0.5) is 0 Å². The summed E-state index contributed by atoms with van der Waals surface area (Å²) in [5.41, 5.74) is 0.695. The molecule has 2 aromatic carbocycles. The molecule has 5 nitrogen and oxygen atoms in total. The Morgan fingerprint density at radius 2 is 1.74 bits per heavy atom. The van der Waals surface area contributed by atoms with E-state index in [0.717, 1.165) is 5.75 Å². The number of carboxylic acid groups (broad SMARTS) is 1. The molecule has 0 aliphatic rings. The molecule has 23 heavy (non-hydrogen) atoms. The first-order valence-electron chi connectivity index (χ1n) is 7.12. The molecule has 0 aliphatic heterocycles. The summed E-state index contributed by atoms with van der Waals surface area (Å²) in [6.45, 7) is 2.48. The fraction of sp³-hybridized carbons (Fsp3) is 0.167. The minimum Gasteiger partial charge on any atom is -0.494 e. The Bertz CT molecular complexity index is 689. The molecule has 0 saturated heterocycles. The van der Waals surface area contributed by atoms with Crippen LogP contribution in [0.25, 0.3) is 6.08 Å². The minimum absolute atomic E-state index is 0.196. The quantitative estimate of drug-likeness (QED) is 0.625. The van der Waals surface area contributed by atoms with E-state index in [9.17, 15) is 9.90 Å².